The van der Waals surface area contributed by atoms with Gasteiger partial charge in [-0.15, -0.1) is 0 Å². The average molecular weight is 183 g/mol. The first-order valence-corrected chi connectivity index (χ1v) is 5.43. The summed E-state index contributed by atoms with van der Waals surface area (Å²) in [5.74, 6) is 0.836. The zero-order valence-electron chi connectivity index (χ0n) is 9.02. The molecule has 1 saturated heterocycles. The van der Waals surface area contributed by atoms with Crippen LogP contribution < -0.4 is 5.32 Å². The second-order valence-electron chi connectivity index (χ2n) is 5.04. The van der Waals surface area contributed by atoms with Gasteiger partial charge in [-0.3, -0.25) is 0 Å². The van der Waals surface area contributed by atoms with Crippen molar-refractivity contribution in [2.24, 2.45) is 16.7 Å². The Labute approximate surface area is 81.0 Å². The Balaban J connectivity index is 1.98. The Bertz CT molecular complexity index is 194. The number of hydrogen-bond donors (Lipinski definition) is 1. The lowest BCUT2D eigenvalue weighted by Gasteiger charge is -2.08. The van der Waals surface area contributed by atoms with Gasteiger partial charge in [-0.05, 0) is 30.8 Å². The largest absolute Gasteiger partial charge is 0.381 e. The van der Waals surface area contributed by atoms with Gasteiger partial charge in [0.1, 0.15) is 0 Å². The van der Waals surface area contributed by atoms with Crippen molar-refractivity contribution in [3.63, 3.8) is 0 Å². The van der Waals surface area contributed by atoms with Gasteiger partial charge in [0.15, 0.2) is 0 Å². The molecule has 1 heterocycles. The lowest BCUT2D eigenvalue weighted by atomic mass is 9.95. The van der Waals surface area contributed by atoms with E-state index in [9.17, 15) is 0 Å². The van der Waals surface area contributed by atoms with Crippen molar-refractivity contribution in [2.75, 3.05) is 26.3 Å². The molecule has 76 valence electrons. The highest BCUT2D eigenvalue weighted by Gasteiger charge is 2.71. The molecule has 2 aliphatic rings. The van der Waals surface area contributed by atoms with Gasteiger partial charge in [0.05, 0.1) is 6.61 Å². The minimum absolute atomic E-state index is 0.506. The second kappa shape index (κ2) is 2.96. The molecule has 0 bridgehead atoms. The first-order valence-electron chi connectivity index (χ1n) is 5.43. The summed E-state index contributed by atoms with van der Waals surface area (Å²) in [5.41, 5.74) is 1.03. The van der Waals surface area contributed by atoms with Gasteiger partial charge in [0.2, 0.25) is 0 Å². The molecule has 2 rings (SSSR count). The summed E-state index contributed by atoms with van der Waals surface area (Å²) >= 11 is 0. The number of hydrogen-bond acceptors (Lipinski definition) is 2. The fourth-order valence-electron chi connectivity index (χ4n) is 3.16. The van der Waals surface area contributed by atoms with Crippen LogP contribution in [-0.2, 0) is 4.74 Å². The summed E-state index contributed by atoms with van der Waals surface area (Å²) in [7, 11) is 0. The molecule has 2 unspecified atom stereocenters. The van der Waals surface area contributed by atoms with Gasteiger partial charge >= 0.3 is 0 Å². The SMILES string of the molecule is CCNCC1C(C)(C)C12CCOC2. The third-order valence-electron chi connectivity index (χ3n) is 4.39. The predicted molar refractivity (Wildman–Crippen MR) is 53.7 cm³/mol. The Morgan fingerprint density at radius 3 is 2.77 bits per heavy atom. The quantitative estimate of drug-likeness (QED) is 0.718. The maximum Gasteiger partial charge on any atom is 0.0531 e. The Hall–Kier alpha value is -0.0800. The van der Waals surface area contributed by atoms with Crippen molar-refractivity contribution in [1.82, 2.24) is 5.32 Å². The molecule has 2 fully saturated rings. The van der Waals surface area contributed by atoms with Crippen molar-refractivity contribution >= 4 is 0 Å². The van der Waals surface area contributed by atoms with Gasteiger partial charge < -0.3 is 10.1 Å². The third-order valence-corrected chi connectivity index (χ3v) is 4.39. The van der Waals surface area contributed by atoms with Crippen LogP contribution in [0.15, 0.2) is 0 Å². The molecular weight excluding hydrogens is 162 g/mol. The molecule has 0 aromatic rings. The molecule has 2 heteroatoms. The van der Waals surface area contributed by atoms with Gasteiger partial charge in [-0.25, -0.2) is 0 Å². The predicted octanol–water partition coefficient (Wildman–Crippen LogP) is 1.66. The van der Waals surface area contributed by atoms with Crippen LogP contribution in [0.2, 0.25) is 0 Å². The summed E-state index contributed by atoms with van der Waals surface area (Å²) in [6.45, 7) is 11.2. The topological polar surface area (TPSA) is 21.3 Å². The fourth-order valence-corrected chi connectivity index (χ4v) is 3.16. The molecule has 2 atom stereocenters. The van der Waals surface area contributed by atoms with E-state index in [4.69, 9.17) is 4.74 Å². The summed E-state index contributed by atoms with van der Waals surface area (Å²) in [5, 5.41) is 3.46. The van der Waals surface area contributed by atoms with Crippen molar-refractivity contribution in [3.05, 3.63) is 0 Å². The molecule has 1 N–H and O–H groups in total. The smallest absolute Gasteiger partial charge is 0.0531 e. The Kier molecular flexibility index (Phi) is 2.16. The normalized spacial score (nSPS) is 41.3. The average Bonchev–Trinajstić information content (AvgIpc) is 2.53. The van der Waals surface area contributed by atoms with E-state index in [0.717, 1.165) is 25.7 Å². The van der Waals surface area contributed by atoms with Crippen molar-refractivity contribution in [3.8, 4) is 0 Å². The van der Waals surface area contributed by atoms with Gasteiger partial charge in [-0.2, -0.15) is 0 Å². The number of rotatable bonds is 3. The Morgan fingerprint density at radius 2 is 2.23 bits per heavy atom. The zero-order valence-corrected chi connectivity index (χ0v) is 9.02. The van der Waals surface area contributed by atoms with E-state index >= 15 is 0 Å². The first kappa shape index (κ1) is 9.47. The lowest BCUT2D eigenvalue weighted by Crippen LogP contribution is -2.19. The van der Waals surface area contributed by atoms with Crippen LogP contribution in [0.25, 0.3) is 0 Å². The van der Waals surface area contributed by atoms with Gasteiger partial charge in [-0.1, -0.05) is 20.8 Å². The van der Waals surface area contributed by atoms with Crippen LogP contribution in [0.5, 0.6) is 0 Å². The van der Waals surface area contributed by atoms with Gasteiger partial charge in [0.25, 0.3) is 0 Å². The standard InChI is InChI=1S/C11H21NO/c1-4-12-7-9-10(2,3)11(9)5-6-13-8-11/h9,12H,4-8H2,1-3H3. The Morgan fingerprint density at radius 1 is 1.46 bits per heavy atom. The highest BCUT2D eigenvalue weighted by Crippen LogP contribution is 2.71. The van der Waals surface area contributed by atoms with Crippen LogP contribution in [0.3, 0.4) is 0 Å². The maximum absolute atomic E-state index is 5.54. The first-order chi connectivity index (χ1) is 6.15. The lowest BCUT2D eigenvalue weighted by molar-refractivity contribution is 0.172. The van der Waals surface area contributed by atoms with Crippen molar-refractivity contribution < 1.29 is 4.74 Å². The molecule has 1 saturated carbocycles. The van der Waals surface area contributed by atoms with E-state index in [1.165, 1.54) is 13.0 Å². The molecule has 1 aliphatic carbocycles. The minimum atomic E-state index is 0.506. The molecule has 13 heavy (non-hydrogen) atoms. The van der Waals surface area contributed by atoms with Crippen LogP contribution in [0, 0.1) is 16.7 Å². The molecule has 0 aromatic heterocycles. The molecule has 0 radical (unpaired) electrons. The van der Waals surface area contributed by atoms with Crippen LogP contribution in [0.4, 0.5) is 0 Å². The summed E-state index contributed by atoms with van der Waals surface area (Å²) in [6.07, 6.45) is 1.27. The molecule has 2 nitrogen and oxygen atoms in total. The molecule has 0 aromatic carbocycles. The van der Waals surface area contributed by atoms with Crippen LogP contribution in [-0.4, -0.2) is 26.3 Å². The minimum Gasteiger partial charge on any atom is -0.381 e. The summed E-state index contributed by atoms with van der Waals surface area (Å²) in [4.78, 5) is 0. The van der Waals surface area contributed by atoms with Crippen LogP contribution in [0.1, 0.15) is 27.2 Å². The van der Waals surface area contributed by atoms with E-state index in [0.29, 0.717) is 10.8 Å². The van der Waals surface area contributed by atoms with Gasteiger partial charge in [0, 0.05) is 12.0 Å². The second-order valence-corrected chi connectivity index (χ2v) is 5.04. The number of ether oxygens (including phenoxy) is 1. The molecular formula is C11H21NO. The maximum atomic E-state index is 5.54. The highest BCUT2D eigenvalue weighted by atomic mass is 16.5. The van der Waals surface area contributed by atoms with Crippen molar-refractivity contribution in [2.45, 2.75) is 27.2 Å². The summed E-state index contributed by atoms with van der Waals surface area (Å²) < 4.78 is 5.54. The van der Waals surface area contributed by atoms with E-state index in [-0.39, 0.29) is 0 Å². The third kappa shape index (κ3) is 1.15. The van der Waals surface area contributed by atoms with E-state index in [1.807, 2.05) is 0 Å². The molecule has 0 amide bonds. The van der Waals surface area contributed by atoms with Crippen molar-refractivity contribution in [1.29, 1.82) is 0 Å². The number of nitrogens with one attached hydrogen (secondary N) is 1. The fraction of sp³-hybridized carbons (Fsp3) is 1.00. The van der Waals surface area contributed by atoms with E-state index in [2.05, 4.69) is 26.1 Å². The molecule has 1 aliphatic heterocycles. The highest BCUT2D eigenvalue weighted by molar-refractivity contribution is 5.18. The monoisotopic (exact) mass is 183 g/mol. The van der Waals surface area contributed by atoms with E-state index < -0.39 is 0 Å². The summed E-state index contributed by atoms with van der Waals surface area (Å²) in [6, 6.07) is 0. The van der Waals surface area contributed by atoms with E-state index in [1.54, 1.807) is 0 Å². The molecule has 1 spiro atoms. The zero-order chi connectivity index (χ0) is 9.53. The van der Waals surface area contributed by atoms with Crippen LogP contribution >= 0.6 is 0 Å².